The Balaban J connectivity index is 0.00000289. The summed E-state index contributed by atoms with van der Waals surface area (Å²) in [5, 5.41) is 15.9. The fourth-order valence-electron chi connectivity index (χ4n) is 2.38. The first-order valence-electron chi connectivity index (χ1n) is 8.61. The van der Waals surface area contributed by atoms with E-state index in [9.17, 15) is 16.8 Å². The molecule has 12 nitrogen and oxygen atoms in total. The van der Waals surface area contributed by atoms with Gasteiger partial charge in [-0.1, -0.05) is 0 Å². The number of nitrogens with two attached hydrogens (primary N) is 2. The number of nitrogens with zero attached hydrogens (tertiary/aromatic N) is 4. The summed E-state index contributed by atoms with van der Waals surface area (Å²) in [7, 11) is -8.63. The van der Waals surface area contributed by atoms with Gasteiger partial charge in [0.15, 0.2) is 0 Å². The molecule has 3 aromatic carbocycles. The number of rotatable bonds is 6. The quantitative estimate of drug-likeness (QED) is 0.163. The van der Waals surface area contributed by atoms with E-state index in [4.69, 9.17) is 20.6 Å². The van der Waals surface area contributed by atoms with Crippen molar-refractivity contribution in [2.75, 3.05) is 11.5 Å². The van der Waals surface area contributed by atoms with E-state index in [0.29, 0.717) is 11.4 Å². The Hall–Kier alpha value is -1.72. The molecule has 0 saturated heterocycles. The zero-order valence-corrected chi connectivity index (χ0v) is 23.7. The maximum absolute atomic E-state index is 11.1. The van der Waals surface area contributed by atoms with Crippen molar-refractivity contribution >= 4 is 113 Å². The van der Waals surface area contributed by atoms with Gasteiger partial charge in [0.1, 0.15) is 11.4 Å². The monoisotopic (exact) mass is 522 g/mol. The maximum atomic E-state index is 11.1. The van der Waals surface area contributed by atoms with E-state index in [1.54, 1.807) is 0 Å². The molecule has 34 heavy (non-hydrogen) atoms. The molecule has 168 valence electrons. The smallest absolute Gasteiger partial charge is 0.294 e. The zero-order chi connectivity index (χ0) is 23.5. The van der Waals surface area contributed by atoms with Crippen molar-refractivity contribution in [1.82, 2.24) is 0 Å². The van der Waals surface area contributed by atoms with E-state index >= 15 is 0 Å². The molecule has 0 unspecified atom stereocenters. The van der Waals surface area contributed by atoms with Crippen LogP contribution in [0.4, 0.5) is 34.1 Å². The van der Waals surface area contributed by atoms with Gasteiger partial charge in [-0.25, -0.2) is 0 Å². The van der Waals surface area contributed by atoms with E-state index < -0.39 is 20.2 Å². The fraction of sp³-hybridized carbons (Fsp3) is 0. The number of hydrogen-bond donors (Lipinski definition) is 4. The molecule has 0 amide bonds. The number of azo groups is 2. The van der Waals surface area contributed by atoms with Crippen molar-refractivity contribution < 1.29 is 25.9 Å². The van der Waals surface area contributed by atoms with Gasteiger partial charge in [0.25, 0.3) is 20.2 Å². The first-order chi connectivity index (χ1) is 14.9. The molecule has 0 bridgehead atoms. The third-order valence-electron chi connectivity index (χ3n) is 3.99. The largest absolute Gasteiger partial charge is 0.397 e. The Morgan fingerprint density at radius 3 is 1.18 bits per heavy atom. The molecule has 0 heterocycles. The van der Waals surface area contributed by atoms with Crippen LogP contribution in [0.5, 0.6) is 0 Å². The fourth-order valence-corrected chi connectivity index (χ4v) is 3.34. The molecule has 0 aliphatic heterocycles. The van der Waals surface area contributed by atoms with Crippen LogP contribution in [0.1, 0.15) is 0 Å². The summed E-state index contributed by atoms with van der Waals surface area (Å²) in [4.78, 5) is -0.563. The first-order valence-corrected chi connectivity index (χ1v) is 11.5. The van der Waals surface area contributed by atoms with Crippen molar-refractivity contribution in [3.05, 3.63) is 60.7 Å². The van der Waals surface area contributed by atoms with Gasteiger partial charge < -0.3 is 11.5 Å². The Morgan fingerprint density at radius 1 is 0.559 bits per heavy atom. The Labute approximate surface area is 239 Å². The summed E-state index contributed by atoms with van der Waals surface area (Å²) >= 11 is 0. The predicted molar refractivity (Wildman–Crippen MR) is 128 cm³/mol. The van der Waals surface area contributed by atoms with Gasteiger partial charge in [-0.15, -0.1) is 10.2 Å². The second-order valence-corrected chi connectivity index (χ2v) is 9.15. The topological polar surface area (TPSA) is 210 Å². The standard InChI is InChI=1S/C18H16N6O6S2.2Na/c19-15-9-16(20)18(24-22-12-3-7-14(8-4-12)32(28,29)30)10-17(15)23-21-11-1-5-13(6-2-11)31(25,26)27;;/h1-10H,19-20H2,(H,25,26,27)(H,28,29,30);;. The number of anilines is 2. The zero-order valence-electron chi connectivity index (χ0n) is 18.1. The molecule has 0 aliphatic rings. The predicted octanol–water partition coefficient (Wildman–Crippen LogP) is 3.41. The third kappa shape index (κ3) is 8.20. The molecule has 0 saturated carbocycles. The van der Waals surface area contributed by atoms with E-state index in [0.717, 1.165) is 0 Å². The molecule has 0 fully saturated rings. The number of hydrogen-bond acceptors (Lipinski definition) is 10. The number of nitrogen functional groups attached to an aromatic ring is 2. The summed E-state index contributed by atoms with van der Waals surface area (Å²) in [6, 6.07) is 12.9. The number of benzene rings is 3. The summed E-state index contributed by atoms with van der Waals surface area (Å²) < 4.78 is 62.3. The summed E-state index contributed by atoms with van der Waals surface area (Å²) in [5.41, 5.74) is 13.3. The normalized spacial score (nSPS) is 11.8. The molecular formula is C18H16N6Na2O6S2. The second kappa shape index (κ2) is 12.3. The van der Waals surface area contributed by atoms with Gasteiger partial charge in [0.2, 0.25) is 0 Å². The minimum Gasteiger partial charge on any atom is -0.397 e. The molecule has 0 aromatic heterocycles. The van der Waals surface area contributed by atoms with E-state index in [1.165, 1.54) is 60.7 Å². The third-order valence-corrected chi connectivity index (χ3v) is 5.73. The van der Waals surface area contributed by atoms with Crippen LogP contribution in [-0.2, 0) is 20.2 Å². The first kappa shape index (κ1) is 30.3. The summed E-state index contributed by atoms with van der Waals surface area (Å²) in [6.07, 6.45) is 0. The molecule has 3 aromatic rings. The van der Waals surface area contributed by atoms with Gasteiger partial charge in [-0.05, 0) is 60.7 Å². The van der Waals surface area contributed by atoms with Gasteiger partial charge >= 0.3 is 0 Å². The van der Waals surface area contributed by atoms with Crippen molar-refractivity contribution in [2.24, 2.45) is 20.5 Å². The van der Waals surface area contributed by atoms with Crippen LogP contribution in [0, 0.1) is 0 Å². The minimum absolute atomic E-state index is 0. The van der Waals surface area contributed by atoms with Gasteiger partial charge in [0, 0.05) is 59.1 Å². The summed E-state index contributed by atoms with van der Waals surface area (Å²) in [6.45, 7) is 0. The van der Waals surface area contributed by atoms with Crippen molar-refractivity contribution in [2.45, 2.75) is 9.79 Å². The molecule has 16 heteroatoms. The van der Waals surface area contributed by atoms with Crippen LogP contribution < -0.4 is 11.5 Å². The van der Waals surface area contributed by atoms with Crippen LogP contribution in [-0.4, -0.2) is 85.1 Å². The Bertz CT molecular complexity index is 1320. The van der Waals surface area contributed by atoms with Crippen LogP contribution in [0.15, 0.2) is 90.9 Å². The van der Waals surface area contributed by atoms with E-state index in [2.05, 4.69) is 20.5 Å². The SMILES string of the molecule is Nc1cc(N)c(N=Nc2ccc(S(=O)(=O)O)cc2)cc1N=Nc1ccc(S(=O)(=O)O)cc1.[Na].[Na]. The molecule has 2 radical (unpaired) electrons. The van der Waals surface area contributed by atoms with Gasteiger partial charge in [-0.2, -0.15) is 27.1 Å². The second-order valence-electron chi connectivity index (χ2n) is 6.31. The van der Waals surface area contributed by atoms with E-state index in [1.807, 2.05) is 0 Å². The average Bonchev–Trinajstić information content (AvgIpc) is 2.72. The maximum Gasteiger partial charge on any atom is 0.294 e. The minimum atomic E-state index is -4.31. The van der Waals surface area contributed by atoms with Crippen LogP contribution in [0.25, 0.3) is 0 Å². The summed E-state index contributed by atoms with van der Waals surface area (Å²) in [5.74, 6) is 0. The van der Waals surface area contributed by atoms with Crippen LogP contribution >= 0.6 is 0 Å². The van der Waals surface area contributed by atoms with Crippen LogP contribution in [0.3, 0.4) is 0 Å². The molecular weight excluding hydrogens is 506 g/mol. The average molecular weight is 522 g/mol. The van der Waals surface area contributed by atoms with Crippen LogP contribution in [0.2, 0.25) is 0 Å². The Morgan fingerprint density at radius 2 is 0.882 bits per heavy atom. The van der Waals surface area contributed by atoms with E-state index in [-0.39, 0.29) is 91.7 Å². The molecule has 6 N–H and O–H groups in total. The molecule has 0 aliphatic carbocycles. The van der Waals surface area contributed by atoms with Gasteiger partial charge in [0.05, 0.1) is 32.5 Å². The molecule has 0 atom stereocenters. The van der Waals surface area contributed by atoms with Crippen molar-refractivity contribution in [1.29, 1.82) is 0 Å². The molecule has 0 spiro atoms. The van der Waals surface area contributed by atoms with Crippen molar-refractivity contribution in [3.63, 3.8) is 0 Å². The van der Waals surface area contributed by atoms with Gasteiger partial charge in [-0.3, -0.25) is 9.11 Å². The molecule has 3 rings (SSSR count). The Kier molecular flexibility index (Phi) is 11.0. The van der Waals surface area contributed by atoms with Crippen molar-refractivity contribution in [3.8, 4) is 0 Å².